The van der Waals surface area contributed by atoms with Crippen LogP contribution < -0.4 is 5.32 Å². The van der Waals surface area contributed by atoms with Crippen LogP contribution in [0.25, 0.3) is 5.00 Å². The fourth-order valence-corrected chi connectivity index (χ4v) is 6.26. The summed E-state index contributed by atoms with van der Waals surface area (Å²) in [5.74, 6) is 0. The second-order valence-electron chi connectivity index (χ2n) is 7.79. The predicted molar refractivity (Wildman–Crippen MR) is 119 cm³/mol. The summed E-state index contributed by atoms with van der Waals surface area (Å²) >= 11 is 8.03. The maximum absolute atomic E-state index is 13.4. The largest absolute Gasteiger partial charge is 0.322 e. The molecule has 0 saturated carbocycles. The van der Waals surface area contributed by atoms with Gasteiger partial charge in [-0.2, -0.15) is 0 Å². The van der Waals surface area contributed by atoms with Crippen molar-refractivity contribution in [1.29, 1.82) is 0 Å². The van der Waals surface area contributed by atoms with Gasteiger partial charge in [-0.05, 0) is 68.0 Å². The van der Waals surface area contributed by atoms with Crippen molar-refractivity contribution in [2.75, 3.05) is 5.32 Å². The summed E-state index contributed by atoms with van der Waals surface area (Å²) in [4.78, 5) is 16.9. The van der Waals surface area contributed by atoms with Crippen LogP contribution in [0.2, 0.25) is 5.02 Å². The van der Waals surface area contributed by atoms with Gasteiger partial charge in [-0.15, -0.1) is 11.3 Å². The molecule has 5 rings (SSSR count). The average Bonchev–Trinajstić information content (AvgIpc) is 3.30. The van der Waals surface area contributed by atoms with E-state index in [-0.39, 0.29) is 12.1 Å². The van der Waals surface area contributed by atoms with Crippen molar-refractivity contribution in [2.45, 2.75) is 51.6 Å². The first-order valence-corrected chi connectivity index (χ1v) is 11.5. The Balaban J connectivity index is 1.57. The number of hydrogen-bond acceptors (Lipinski definition) is 2. The molecular formula is C23H24ClN3OS. The molecule has 0 radical (unpaired) electrons. The number of urea groups is 1. The van der Waals surface area contributed by atoms with Gasteiger partial charge in [-0.3, -0.25) is 0 Å². The van der Waals surface area contributed by atoms with Crippen LogP contribution in [0.15, 0.2) is 42.6 Å². The number of amides is 2. The van der Waals surface area contributed by atoms with E-state index in [1.165, 1.54) is 39.5 Å². The highest BCUT2D eigenvalue weighted by molar-refractivity contribution is 7.15. The molecule has 1 atom stereocenters. The van der Waals surface area contributed by atoms with Crippen molar-refractivity contribution in [3.63, 3.8) is 0 Å². The van der Waals surface area contributed by atoms with Crippen molar-refractivity contribution < 1.29 is 4.79 Å². The molecule has 1 N–H and O–H groups in total. The first-order valence-electron chi connectivity index (χ1n) is 10.3. The highest BCUT2D eigenvalue weighted by Gasteiger charge is 2.34. The average molecular weight is 426 g/mol. The number of halogens is 1. The second kappa shape index (κ2) is 7.54. The van der Waals surface area contributed by atoms with Crippen molar-refractivity contribution in [3.8, 4) is 5.00 Å². The van der Waals surface area contributed by atoms with E-state index >= 15 is 0 Å². The summed E-state index contributed by atoms with van der Waals surface area (Å²) in [6.45, 7) is 2.80. The van der Waals surface area contributed by atoms with Gasteiger partial charge in [-0.1, -0.05) is 24.6 Å². The van der Waals surface area contributed by atoms with Gasteiger partial charge in [0.05, 0.1) is 12.6 Å². The molecule has 6 heteroatoms. The van der Waals surface area contributed by atoms with E-state index in [0.29, 0.717) is 11.6 Å². The van der Waals surface area contributed by atoms with Gasteiger partial charge < -0.3 is 14.8 Å². The van der Waals surface area contributed by atoms with Crippen LogP contribution in [0.1, 0.15) is 53.9 Å². The highest BCUT2D eigenvalue weighted by Crippen LogP contribution is 2.43. The molecule has 3 heterocycles. The smallest absolute Gasteiger partial charge is 0.312 e. The van der Waals surface area contributed by atoms with E-state index in [2.05, 4.69) is 35.1 Å². The SMILES string of the molecule is CC[C@H]1c2cccn2-c2sc3c(c2CN1C(=O)Nc1cccc(Cl)c1)CCCC3. The van der Waals surface area contributed by atoms with Gasteiger partial charge >= 0.3 is 6.03 Å². The lowest BCUT2D eigenvalue weighted by Crippen LogP contribution is -2.37. The molecule has 0 bridgehead atoms. The minimum atomic E-state index is -0.0736. The van der Waals surface area contributed by atoms with E-state index in [1.807, 2.05) is 34.4 Å². The van der Waals surface area contributed by atoms with Crippen molar-refractivity contribution >= 4 is 34.7 Å². The fraction of sp³-hybridized carbons (Fsp3) is 0.348. The van der Waals surface area contributed by atoms with Crippen LogP contribution in [0.5, 0.6) is 0 Å². The second-order valence-corrected chi connectivity index (χ2v) is 9.31. The summed E-state index contributed by atoms with van der Waals surface area (Å²) < 4.78 is 2.32. The lowest BCUT2D eigenvalue weighted by Gasteiger charge is -2.30. The number of nitrogens with one attached hydrogen (secondary N) is 1. The number of rotatable bonds is 2. The first kappa shape index (κ1) is 18.8. The zero-order valence-electron chi connectivity index (χ0n) is 16.5. The number of anilines is 1. The van der Waals surface area contributed by atoms with Gasteiger partial charge in [0.25, 0.3) is 0 Å². The molecule has 1 aliphatic carbocycles. The van der Waals surface area contributed by atoms with Crippen molar-refractivity contribution in [3.05, 3.63) is 69.3 Å². The zero-order chi connectivity index (χ0) is 20.0. The Morgan fingerprint density at radius 1 is 1.21 bits per heavy atom. The molecule has 150 valence electrons. The Kier molecular flexibility index (Phi) is 4.88. The van der Waals surface area contributed by atoms with E-state index < -0.39 is 0 Å². The van der Waals surface area contributed by atoms with Crippen LogP contribution >= 0.6 is 22.9 Å². The van der Waals surface area contributed by atoms with Crippen LogP contribution in [0, 0.1) is 0 Å². The van der Waals surface area contributed by atoms with Crippen molar-refractivity contribution in [1.82, 2.24) is 9.47 Å². The lowest BCUT2D eigenvalue weighted by atomic mass is 9.95. The molecule has 0 saturated heterocycles. The van der Waals surface area contributed by atoms with E-state index in [0.717, 1.165) is 24.9 Å². The van der Waals surface area contributed by atoms with E-state index in [1.54, 1.807) is 6.07 Å². The Morgan fingerprint density at radius 2 is 2.07 bits per heavy atom. The zero-order valence-corrected chi connectivity index (χ0v) is 18.0. The summed E-state index contributed by atoms with van der Waals surface area (Å²) in [5.41, 5.74) is 4.73. The number of benzene rings is 1. The third kappa shape index (κ3) is 3.26. The molecule has 0 spiro atoms. The summed E-state index contributed by atoms with van der Waals surface area (Å²) in [6.07, 6.45) is 7.80. The summed E-state index contributed by atoms with van der Waals surface area (Å²) in [7, 11) is 0. The Morgan fingerprint density at radius 3 is 2.90 bits per heavy atom. The number of carbonyl (C=O) groups excluding carboxylic acids is 1. The summed E-state index contributed by atoms with van der Waals surface area (Å²) in [6, 6.07) is 11.5. The van der Waals surface area contributed by atoms with Gasteiger partial charge in [0, 0.05) is 33.0 Å². The fourth-order valence-electron chi connectivity index (χ4n) is 4.67. The normalized spacial score (nSPS) is 17.9. The minimum Gasteiger partial charge on any atom is -0.312 e. The topological polar surface area (TPSA) is 37.3 Å². The number of carbonyl (C=O) groups is 1. The number of nitrogens with zero attached hydrogens (tertiary/aromatic N) is 2. The Labute approximate surface area is 180 Å². The van der Waals surface area contributed by atoms with E-state index in [9.17, 15) is 4.79 Å². The number of hydrogen-bond donors (Lipinski definition) is 1. The molecular weight excluding hydrogens is 402 g/mol. The predicted octanol–water partition coefficient (Wildman–Crippen LogP) is 6.57. The van der Waals surface area contributed by atoms with E-state index in [4.69, 9.17) is 11.6 Å². The molecule has 2 aromatic heterocycles. The molecule has 2 amide bonds. The standard InChI is InChI=1S/C23H24ClN3OS/c1-2-19-20-10-6-12-26(20)22-18(17-9-3-4-11-21(17)29-22)14-27(19)23(28)25-16-8-5-7-15(24)13-16/h5-8,10,12-13,19H,2-4,9,11,14H2,1H3,(H,25,28)/t19-/m0/s1. The monoisotopic (exact) mass is 425 g/mol. The van der Waals surface area contributed by atoms with Crippen LogP contribution in [-0.2, 0) is 19.4 Å². The first-order chi connectivity index (χ1) is 14.2. The lowest BCUT2D eigenvalue weighted by molar-refractivity contribution is 0.181. The number of aromatic nitrogens is 1. The Hall–Kier alpha value is -2.24. The molecule has 4 nitrogen and oxygen atoms in total. The maximum atomic E-state index is 13.4. The quantitative estimate of drug-likeness (QED) is 0.495. The van der Waals surface area contributed by atoms with Crippen molar-refractivity contribution in [2.24, 2.45) is 0 Å². The molecule has 1 aliphatic heterocycles. The molecule has 29 heavy (non-hydrogen) atoms. The van der Waals surface area contributed by atoms with Gasteiger partial charge in [-0.25, -0.2) is 4.79 Å². The molecule has 0 fully saturated rings. The number of thiophene rings is 1. The summed E-state index contributed by atoms with van der Waals surface area (Å²) in [5, 5.41) is 4.99. The third-order valence-electron chi connectivity index (χ3n) is 6.03. The molecule has 3 aromatic rings. The number of aryl methyl sites for hydroxylation is 1. The Bertz CT molecular complexity index is 1070. The van der Waals surface area contributed by atoms with Gasteiger partial charge in [0.2, 0.25) is 0 Å². The number of fused-ring (bicyclic) bond motifs is 5. The van der Waals surface area contributed by atoms with Gasteiger partial charge in [0.15, 0.2) is 0 Å². The van der Waals surface area contributed by atoms with Crippen LogP contribution in [0.3, 0.4) is 0 Å². The third-order valence-corrected chi connectivity index (χ3v) is 7.60. The maximum Gasteiger partial charge on any atom is 0.322 e. The highest BCUT2D eigenvalue weighted by atomic mass is 35.5. The van der Waals surface area contributed by atoms with Crippen LogP contribution in [-0.4, -0.2) is 15.5 Å². The van der Waals surface area contributed by atoms with Gasteiger partial charge in [0.1, 0.15) is 5.00 Å². The molecule has 2 aliphatic rings. The molecule has 1 aromatic carbocycles. The molecule has 0 unspecified atom stereocenters. The van der Waals surface area contributed by atoms with Crippen LogP contribution in [0.4, 0.5) is 10.5 Å². The minimum absolute atomic E-state index is 0.0306.